The largest absolute Gasteiger partial charge is 0.399 e. The molecule has 1 saturated heterocycles. The number of primary amides is 1. The van der Waals surface area contributed by atoms with Crippen LogP contribution in [0.5, 0.6) is 0 Å². The van der Waals surface area contributed by atoms with Gasteiger partial charge in [-0.3, -0.25) is 15.1 Å². The zero-order valence-electron chi connectivity index (χ0n) is 20.8. The van der Waals surface area contributed by atoms with Crippen molar-refractivity contribution in [1.82, 2.24) is 24.6 Å². The summed E-state index contributed by atoms with van der Waals surface area (Å²) < 4.78 is 68.0. The van der Waals surface area contributed by atoms with Gasteiger partial charge >= 0.3 is 12.2 Å². The number of nitrogens with one attached hydrogen (secondary N) is 2. The second-order valence-electron chi connectivity index (χ2n) is 9.34. The Morgan fingerprint density at radius 1 is 1.21 bits per heavy atom. The smallest absolute Gasteiger partial charge is 0.368 e. The number of rotatable bonds is 7. The van der Waals surface area contributed by atoms with Crippen LogP contribution in [0.4, 0.5) is 23.1 Å². The van der Waals surface area contributed by atoms with E-state index >= 15 is 0 Å². The highest BCUT2D eigenvalue weighted by Crippen LogP contribution is 2.41. The monoisotopic (exact) mass is 603 g/mol. The highest BCUT2D eigenvalue weighted by atomic mass is 32.2. The molecule has 0 aliphatic carbocycles. The average Bonchev–Trinajstić information content (AvgIpc) is 3.58. The molecule has 3 amide bonds. The van der Waals surface area contributed by atoms with Crippen molar-refractivity contribution in [3.8, 4) is 10.4 Å². The summed E-state index contributed by atoms with van der Waals surface area (Å²) in [5.74, 6) is -0.811. The number of thiazole rings is 2. The number of carbonyl (C=O) groups excluding carboxylic acids is 2. The zero-order valence-corrected chi connectivity index (χ0v) is 23.3. The maximum absolute atomic E-state index is 13.5. The van der Waals surface area contributed by atoms with E-state index < -0.39 is 45.6 Å². The number of nitrogens with two attached hydrogens (primary N) is 1. The first-order chi connectivity index (χ1) is 18.1. The zero-order chi connectivity index (χ0) is 28.8. The van der Waals surface area contributed by atoms with Crippen LogP contribution in [0.25, 0.3) is 10.4 Å². The quantitative estimate of drug-likeness (QED) is 0.374. The topological polar surface area (TPSA) is 160 Å². The number of urea groups is 1. The maximum Gasteiger partial charge on any atom is 0.399 e. The first kappa shape index (κ1) is 28.8. The number of nitrogens with zero attached hydrogens (tertiary/aromatic N) is 4. The number of pyridine rings is 1. The van der Waals surface area contributed by atoms with Crippen LogP contribution in [0.15, 0.2) is 34.2 Å². The molecule has 1 fully saturated rings. The molecule has 4 rings (SSSR count). The van der Waals surface area contributed by atoms with Crippen molar-refractivity contribution in [2.24, 2.45) is 5.73 Å². The molecule has 17 heteroatoms. The normalized spacial score (nSPS) is 18.4. The maximum atomic E-state index is 13.5. The number of aromatic nitrogens is 3. The number of anilines is 1. The Kier molecular flexibility index (Phi) is 7.72. The molecule has 0 saturated carbocycles. The van der Waals surface area contributed by atoms with E-state index in [1.807, 2.05) is 0 Å². The third kappa shape index (κ3) is 5.90. The lowest BCUT2D eigenvalue weighted by Gasteiger charge is -2.27. The van der Waals surface area contributed by atoms with Crippen LogP contribution in [0.2, 0.25) is 0 Å². The van der Waals surface area contributed by atoms with Gasteiger partial charge in [0.1, 0.15) is 11.5 Å². The van der Waals surface area contributed by atoms with Crippen molar-refractivity contribution in [2.75, 3.05) is 11.9 Å². The minimum absolute atomic E-state index is 0.0374. The van der Waals surface area contributed by atoms with Gasteiger partial charge in [0.2, 0.25) is 10.2 Å². The van der Waals surface area contributed by atoms with Gasteiger partial charge in [0.05, 0.1) is 16.3 Å². The molecule has 3 aromatic rings. The van der Waals surface area contributed by atoms with Crippen LogP contribution in [-0.2, 0) is 20.2 Å². The number of likely N-dealkylation sites (tertiary alicyclic amines) is 1. The predicted octanol–water partition coefficient (Wildman–Crippen LogP) is 3.25. The van der Waals surface area contributed by atoms with Crippen LogP contribution in [-0.4, -0.2) is 65.0 Å². The van der Waals surface area contributed by atoms with Crippen molar-refractivity contribution in [2.45, 2.75) is 55.2 Å². The molecule has 4 heterocycles. The van der Waals surface area contributed by atoms with E-state index in [9.17, 15) is 31.2 Å². The molecule has 11 nitrogen and oxygen atoms in total. The Labute approximate surface area is 229 Å². The standard InChI is InChI=1S/C22H24F3N7O4S3/c1-11-16(12-4-5-27-15(8-12)21(2,3)22(23,24)25)38-18(29-11)30-19(34)32-10-13(9-14(32)17(26)33)31-39(35,36)20-28-6-7-37-20/h4-8,13-14,31H,9-10H2,1-3H3,(H2,26,33)(H,29,30,34)/t13-,14+/m1/s1. The van der Waals surface area contributed by atoms with Crippen molar-refractivity contribution in [1.29, 1.82) is 0 Å². The number of amides is 3. The van der Waals surface area contributed by atoms with Crippen LogP contribution < -0.4 is 15.8 Å². The fourth-order valence-electron chi connectivity index (χ4n) is 3.97. The van der Waals surface area contributed by atoms with Gasteiger partial charge in [-0.25, -0.2) is 27.9 Å². The molecule has 0 aromatic carbocycles. The Balaban J connectivity index is 1.52. The van der Waals surface area contributed by atoms with Crippen molar-refractivity contribution in [3.05, 3.63) is 41.3 Å². The molecule has 1 aliphatic heterocycles. The number of aryl methyl sites for hydroxylation is 1. The van der Waals surface area contributed by atoms with Gasteiger partial charge in [-0.1, -0.05) is 11.3 Å². The second kappa shape index (κ2) is 10.4. The van der Waals surface area contributed by atoms with Gasteiger partial charge in [-0.15, -0.1) is 11.3 Å². The Hall–Kier alpha value is -3.15. The second-order valence-corrected chi connectivity index (χ2v) is 13.1. The van der Waals surface area contributed by atoms with E-state index in [1.54, 1.807) is 13.0 Å². The third-order valence-electron chi connectivity index (χ3n) is 6.23. The van der Waals surface area contributed by atoms with Crippen molar-refractivity contribution >= 4 is 49.8 Å². The molecular formula is C22H24F3N7O4S3. The molecular weight excluding hydrogens is 579 g/mol. The predicted molar refractivity (Wildman–Crippen MR) is 139 cm³/mol. The van der Waals surface area contributed by atoms with Gasteiger partial charge in [0.25, 0.3) is 10.0 Å². The van der Waals surface area contributed by atoms with Crippen LogP contribution in [0, 0.1) is 6.92 Å². The fraction of sp³-hybridized carbons (Fsp3) is 0.409. The molecule has 0 spiro atoms. The number of hydrogen-bond donors (Lipinski definition) is 3. The summed E-state index contributed by atoms with van der Waals surface area (Å²) in [6.07, 6.45) is -1.93. The van der Waals surface area contributed by atoms with Gasteiger partial charge in [0.15, 0.2) is 5.13 Å². The fourth-order valence-corrected chi connectivity index (χ4v) is 7.01. The number of carbonyl (C=O) groups is 2. The molecule has 2 atom stereocenters. The summed E-state index contributed by atoms with van der Waals surface area (Å²) in [4.78, 5) is 38.7. The number of sulfonamides is 1. The summed E-state index contributed by atoms with van der Waals surface area (Å²) in [6, 6.07) is 0.279. The lowest BCUT2D eigenvalue weighted by molar-refractivity contribution is -0.181. The van der Waals surface area contributed by atoms with E-state index in [2.05, 4.69) is 25.0 Å². The molecule has 3 aromatic heterocycles. The SMILES string of the molecule is Cc1nc(NC(=O)N2C[C@H](NS(=O)(=O)c3nccs3)C[C@H]2C(N)=O)sc1-c1ccnc(C(C)(C)C(F)(F)F)c1. The van der Waals surface area contributed by atoms with E-state index in [4.69, 9.17) is 5.73 Å². The number of hydrogen-bond acceptors (Lipinski definition) is 9. The highest BCUT2D eigenvalue weighted by Gasteiger charge is 2.49. The Bertz CT molecular complexity index is 1490. The first-order valence-electron chi connectivity index (χ1n) is 11.4. The van der Waals surface area contributed by atoms with Crippen LogP contribution in [0.3, 0.4) is 0 Å². The Morgan fingerprint density at radius 2 is 1.92 bits per heavy atom. The minimum atomic E-state index is -4.51. The van der Waals surface area contributed by atoms with Crippen LogP contribution >= 0.6 is 22.7 Å². The van der Waals surface area contributed by atoms with Crippen LogP contribution in [0.1, 0.15) is 31.7 Å². The van der Waals surface area contributed by atoms with Gasteiger partial charge in [0, 0.05) is 30.4 Å². The average molecular weight is 604 g/mol. The van der Waals surface area contributed by atoms with E-state index in [-0.39, 0.29) is 28.1 Å². The molecule has 1 aliphatic rings. The summed E-state index contributed by atoms with van der Waals surface area (Å²) >= 11 is 1.95. The Morgan fingerprint density at radius 3 is 2.54 bits per heavy atom. The van der Waals surface area contributed by atoms with E-state index in [0.717, 1.165) is 41.4 Å². The lowest BCUT2D eigenvalue weighted by Crippen LogP contribution is -2.45. The number of alkyl halides is 3. The van der Waals surface area contributed by atoms with E-state index in [1.165, 1.54) is 23.8 Å². The third-order valence-corrected chi connectivity index (χ3v) is 10.1. The first-order valence-corrected chi connectivity index (χ1v) is 14.6. The molecule has 0 radical (unpaired) electrons. The summed E-state index contributed by atoms with van der Waals surface area (Å²) in [5.41, 5.74) is 4.03. The summed E-state index contributed by atoms with van der Waals surface area (Å²) in [5, 5.41) is 4.22. The van der Waals surface area contributed by atoms with Gasteiger partial charge in [-0.05, 0) is 44.9 Å². The highest BCUT2D eigenvalue weighted by molar-refractivity contribution is 7.91. The number of halogens is 3. The summed E-state index contributed by atoms with van der Waals surface area (Å²) in [7, 11) is -3.95. The van der Waals surface area contributed by atoms with Crippen molar-refractivity contribution < 1.29 is 31.2 Å². The lowest BCUT2D eigenvalue weighted by atomic mass is 9.87. The molecule has 39 heavy (non-hydrogen) atoms. The minimum Gasteiger partial charge on any atom is -0.368 e. The van der Waals surface area contributed by atoms with Gasteiger partial charge < -0.3 is 10.6 Å². The molecule has 0 bridgehead atoms. The summed E-state index contributed by atoms with van der Waals surface area (Å²) in [6.45, 7) is 3.59. The molecule has 0 unspecified atom stereocenters. The molecule has 210 valence electrons. The van der Waals surface area contributed by atoms with Gasteiger partial charge in [-0.2, -0.15) is 13.2 Å². The molecule has 4 N–H and O–H groups in total. The van der Waals surface area contributed by atoms with Crippen molar-refractivity contribution in [3.63, 3.8) is 0 Å². The van der Waals surface area contributed by atoms with E-state index in [0.29, 0.717) is 16.1 Å².